The van der Waals surface area contributed by atoms with E-state index in [1.807, 2.05) is 47.1 Å². The second kappa shape index (κ2) is 5.87. The minimum Gasteiger partial charge on any atom is -0.299 e. The van der Waals surface area contributed by atoms with Gasteiger partial charge in [-0.2, -0.15) is 5.10 Å². The summed E-state index contributed by atoms with van der Waals surface area (Å²) >= 11 is 0. The molecule has 0 atom stereocenters. The molecule has 0 amide bonds. The number of aryl methyl sites for hydroxylation is 1. The SMILES string of the molecule is CCn1nc(CC(=O)Cc2ccccn2)c2ccccc21. The first-order valence-corrected chi connectivity index (χ1v) is 7.14. The van der Waals surface area contributed by atoms with Crippen LogP contribution in [0.1, 0.15) is 18.3 Å². The van der Waals surface area contributed by atoms with Gasteiger partial charge in [-0.05, 0) is 25.1 Å². The van der Waals surface area contributed by atoms with Gasteiger partial charge < -0.3 is 0 Å². The monoisotopic (exact) mass is 279 g/mol. The van der Waals surface area contributed by atoms with Crippen molar-refractivity contribution in [1.82, 2.24) is 14.8 Å². The van der Waals surface area contributed by atoms with Crippen LogP contribution in [-0.2, 0) is 24.2 Å². The number of carbonyl (C=O) groups excluding carboxylic acids is 1. The number of pyridine rings is 1. The van der Waals surface area contributed by atoms with E-state index >= 15 is 0 Å². The molecular formula is C17H17N3O. The lowest BCUT2D eigenvalue weighted by Crippen LogP contribution is -2.09. The smallest absolute Gasteiger partial charge is 0.144 e. The maximum absolute atomic E-state index is 12.2. The Hall–Kier alpha value is -2.49. The molecule has 0 N–H and O–H groups in total. The summed E-state index contributed by atoms with van der Waals surface area (Å²) in [4.78, 5) is 16.4. The van der Waals surface area contributed by atoms with E-state index in [-0.39, 0.29) is 5.78 Å². The summed E-state index contributed by atoms with van der Waals surface area (Å²) in [7, 11) is 0. The lowest BCUT2D eigenvalue weighted by atomic mass is 10.1. The van der Waals surface area contributed by atoms with E-state index in [2.05, 4.69) is 17.0 Å². The molecule has 3 aromatic rings. The lowest BCUT2D eigenvalue weighted by molar-refractivity contribution is -0.117. The molecule has 0 unspecified atom stereocenters. The minimum atomic E-state index is 0.139. The van der Waals surface area contributed by atoms with Crippen LogP contribution in [0.4, 0.5) is 0 Å². The third-order valence-electron chi connectivity index (χ3n) is 3.50. The zero-order chi connectivity index (χ0) is 14.7. The number of carbonyl (C=O) groups is 1. The maximum Gasteiger partial charge on any atom is 0.144 e. The molecule has 2 aromatic heterocycles. The normalized spacial score (nSPS) is 10.9. The summed E-state index contributed by atoms with van der Waals surface area (Å²) in [5.74, 6) is 0.139. The number of para-hydroxylation sites is 1. The van der Waals surface area contributed by atoms with Crippen LogP contribution in [0.5, 0.6) is 0 Å². The average molecular weight is 279 g/mol. The first kappa shape index (κ1) is 13.5. The Labute approximate surface area is 123 Å². The second-order valence-electron chi connectivity index (χ2n) is 4.99. The van der Waals surface area contributed by atoms with Gasteiger partial charge in [0.2, 0.25) is 0 Å². The van der Waals surface area contributed by atoms with Crippen LogP contribution in [0.15, 0.2) is 48.7 Å². The zero-order valence-corrected chi connectivity index (χ0v) is 12.0. The Kier molecular flexibility index (Phi) is 3.77. The van der Waals surface area contributed by atoms with Crippen LogP contribution in [0.2, 0.25) is 0 Å². The number of hydrogen-bond acceptors (Lipinski definition) is 3. The van der Waals surface area contributed by atoms with E-state index in [1.54, 1.807) is 6.20 Å². The fourth-order valence-corrected chi connectivity index (χ4v) is 2.52. The maximum atomic E-state index is 12.2. The van der Waals surface area contributed by atoms with Crippen molar-refractivity contribution < 1.29 is 4.79 Å². The highest BCUT2D eigenvalue weighted by Crippen LogP contribution is 2.19. The van der Waals surface area contributed by atoms with Crippen molar-refractivity contribution in [1.29, 1.82) is 0 Å². The van der Waals surface area contributed by atoms with Gasteiger partial charge in [0, 0.05) is 30.2 Å². The van der Waals surface area contributed by atoms with Gasteiger partial charge in [0.05, 0.1) is 17.6 Å². The highest BCUT2D eigenvalue weighted by atomic mass is 16.1. The highest BCUT2D eigenvalue weighted by Gasteiger charge is 2.13. The van der Waals surface area contributed by atoms with Crippen molar-refractivity contribution >= 4 is 16.7 Å². The molecule has 0 saturated carbocycles. The van der Waals surface area contributed by atoms with E-state index in [4.69, 9.17) is 0 Å². The minimum absolute atomic E-state index is 0.139. The number of rotatable bonds is 5. The summed E-state index contributed by atoms with van der Waals surface area (Å²) < 4.78 is 1.94. The number of hydrogen-bond donors (Lipinski definition) is 0. The van der Waals surface area contributed by atoms with Crippen LogP contribution < -0.4 is 0 Å². The number of aromatic nitrogens is 3. The summed E-state index contributed by atoms with van der Waals surface area (Å²) in [5, 5.41) is 5.63. The molecule has 0 bridgehead atoms. The van der Waals surface area contributed by atoms with Crippen molar-refractivity contribution in [2.45, 2.75) is 26.3 Å². The molecule has 0 aliphatic rings. The van der Waals surface area contributed by atoms with Gasteiger partial charge in [-0.15, -0.1) is 0 Å². The molecule has 1 aromatic carbocycles. The summed E-state index contributed by atoms with van der Waals surface area (Å²) in [6.45, 7) is 2.86. The van der Waals surface area contributed by atoms with Gasteiger partial charge in [-0.1, -0.05) is 24.3 Å². The Morgan fingerprint density at radius 2 is 1.90 bits per heavy atom. The molecule has 0 aliphatic heterocycles. The predicted molar refractivity (Wildman–Crippen MR) is 82.1 cm³/mol. The van der Waals surface area contributed by atoms with Crippen LogP contribution >= 0.6 is 0 Å². The van der Waals surface area contributed by atoms with Gasteiger partial charge in [-0.25, -0.2) is 0 Å². The number of ketones is 1. The van der Waals surface area contributed by atoms with Crippen molar-refractivity contribution in [2.24, 2.45) is 0 Å². The number of benzene rings is 1. The van der Waals surface area contributed by atoms with Crippen LogP contribution in [0.25, 0.3) is 10.9 Å². The third-order valence-corrected chi connectivity index (χ3v) is 3.50. The molecule has 4 nitrogen and oxygen atoms in total. The van der Waals surface area contributed by atoms with Crippen molar-refractivity contribution in [3.8, 4) is 0 Å². The van der Waals surface area contributed by atoms with Gasteiger partial charge in [-0.3, -0.25) is 14.5 Å². The highest BCUT2D eigenvalue weighted by molar-refractivity contribution is 5.89. The van der Waals surface area contributed by atoms with Crippen molar-refractivity contribution in [3.05, 3.63) is 60.0 Å². The molecule has 106 valence electrons. The fourth-order valence-electron chi connectivity index (χ4n) is 2.52. The number of nitrogens with zero attached hydrogens (tertiary/aromatic N) is 3. The third kappa shape index (κ3) is 2.84. The first-order chi connectivity index (χ1) is 10.3. The van der Waals surface area contributed by atoms with Gasteiger partial charge >= 0.3 is 0 Å². The molecule has 2 heterocycles. The van der Waals surface area contributed by atoms with Crippen LogP contribution in [0, 0.1) is 0 Å². The predicted octanol–water partition coefficient (Wildman–Crippen LogP) is 2.81. The average Bonchev–Trinajstić information content (AvgIpc) is 2.86. The van der Waals surface area contributed by atoms with Crippen LogP contribution in [0.3, 0.4) is 0 Å². The van der Waals surface area contributed by atoms with Crippen molar-refractivity contribution in [3.63, 3.8) is 0 Å². The van der Waals surface area contributed by atoms with Crippen LogP contribution in [-0.4, -0.2) is 20.5 Å². The largest absolute Gasteiger partial charge is 0.299 e. The Morgan fingerprint density at radius 1 is 1.10 bits per heavy atom. The van der Waals surface area contributed by atoms with Crippen molar-refractivity contribution in [2.75, 3.05) is 0 Å². The second-order valence-corrected chi connectivity index (χ2v) is 4.99. The Morgan fingerprint density at radius 3 is 2.67 bits per heavy atom. The molecule has 0 fully saturated rings. The summed E-state index contributed by atoms with van der Waals surface area (Å²) in [6, 6.07) is 13.7. The Balaban J connectivity index is 1.83. The van der Waals surface area contributed by atoms with E-state index in [1.165, 1.54) is 0 Å². The summed E-state index contributed by atoms with van der Waals surface area (Å²) in [6.07, 6.45) is 2.42. The molecule has 0 radical (unpaired) electrons. The molecule has 0 spiro atoms. The van der Waals surface area contributed by atoms with Gasteiger partial charge in [0.25, 0.3) is 0 Å². The molecule has 3 rings (SSSR count). The standard InChI is InChI=1S/C17H17N3O/c1-2-20-17-9-4-3-8-15(17)16(19-20)12-14(21)11-13-7-5-6-10-18-13/h3-10H,2,11-12H2,1H3. The fraction of sp³-hybridized carbons (Fsp3) is 0.235. The first-order valence-electron chi connectivity index (χ1n) is 7.14. The molecule has 0 saturated heterocycles. The van der Waals surface area contributed by atoms with E-state index in [0.29, 0.717) is 12.8 Å². The topological polar surface area (TPSA) is 47.8 Å². The summed E-state index contributed by atoms with van der Waals surface area (Å²) in [5.41, 5.74) is 2.75. The number of Topliss-reactive ketones (excluding diaryl/α,β-unsaturated/α-hetero) is 1. The number of fused-ring (bicyclic) bond motifs is 1. The van der Waals surface area contributed by atoms with E-state index in [9.17, 15) is 4.79 Å². The molecular weight excluding hydrogens is 262 g/mol. The van der Waals surface area contributed by atoms with E-state index < -0.39 is 0 Å². The van der Waals surface area contributed by atoms with Gasteiger partial charge in [0.1, 0.15) is 5.78 Å². The molecule has 0 aliphatic carbocycles. The van der Waals surface area contributed by atoms with E-state index in [0.717, 1.165) is 28.8 Å². The quantitative estimate of drug-likeness (QED) is 0.721. The zero-order valence-electron chi connectivity index (χ0n) is 12.0. The molecule has 21 heavy (non-hydrogen) atoms. The lowest BCUT2D eigenvalue weighted by Gasteiger charge is -1.99. The Bertz CT molecular complexity index is 762. The van der Waals surface area contributed by atoms with Gasteiger partial charge in [0.15, 0.2) is 0 Å². The molecule has 4 heteroatoms.